The number of benzene rings is 2. The van der Waals surface area contributed by atoms with Gasteiger partial charge in [0.1, 0.15) is 12.6 Å². The number of nitrogens with one attached hydrogen (secondary N) is 1. The molecule has 0 aromatic heterocycles. The average Bonchev–Trinajstić information content (AvgIpc) is 3.13. The van der Waals surface area contributed by atoms with Crippen LogP contribution in [0.15, 0.2) is 48.5 Å². The topological polar surface area (TPSA) is 95.9 Å². The third kappa shape index (κ3) is 6.30. The van der Waals surface area contributed by atoms with E-state index < -0.39 is 36.9 Å². The first-order valence-corrected chi connectivity index (χ1v) is 11.1. The molecule has 0 saturated heterocycles. The molecule has 0 fully saturated rings. The van der Waals surface area contributed by atoms with E-state index in [-0.39, 0.29) is 25.5 Å². The van der Waals surface area contributed by atoms with Gasteiger partial charge in [0, 0.05) is 32.4 Å². The monoisotopic (exact) mass is 474 g/mol. The smallest absolute Gasteiger partial charge is 0.407 e. The molecule has 9 heteroatoms. The van der Waals surface area contributed by atoms with Gasteiger partial charge in [-0.25, -0.2) is 13.6 Å². The number of hydrogen-bond donors (Lipinski definition) is 2. The molecule has 34 heavy (non-hydrogen) atoms. The first-order chi connectivity index (χ1) is 16.3. The summed E-state index contributed by atoms with van der Waals surface area (Å²) in [6.07, 6.45) is -3.88. The Morgan fingerprint density at radius 2 is 1.62 bits per heavy atom. The van der Waals surface area contributed by atoms with Gasteiger partial charge in [-0.2, -0.15) is 0 Å². The largest absolute Gasteiger partial charge is 0.481 e. The number of fused-ring (bicyclic) bond motifs is 3. The van der Waals surface area contributed by atoms with Crippen LogP contribution >= 0.6 is 0 Å². The van der Waals surface area contributed by atoms with E-state index in [0.717, 1.165) is 22.3 Å². The second-order valence-corrected chi connectivity index (χ2v) is 8.26. The normalized spacial score (nSPS) is 13.2. The van der Waals surface area contributed by atoms with Gasteiger partial charge in [-0.3, -0.25) is 9.59 Å². The van der Waals surface area contributed by atoms with Gasteiger partial charge in [0.2, 0.25) is 12.3 Å². The summed E-state index contributed by atoms with van der Waals surface area (Å²) in [4.78, 5) is 36.9. The predicted octanol–water partition coefficient (Wildman–Crippen LogP) is 4.26. The Kier molecular flexibility index (Phi) is 8.56. The van der Waals surface area contributed by atoms with Crippen LogP contribution < -0.4 is 5.32 Å². The maximum atomic E-state index is 13.1. The molecule has 2 aromatic carbocycles. The highest BCUT2D eigenvalue weighted by Gasteiger charge is 2.31. The molecule has 0 heterocycles. The minimum Gasteiger partial charge on any atom is -0.481 e. The summed E-state index contributed by atoms with van der Waals surface area (Å²) in [6.45, 7) is 0.193. The highest BCUT2D eigenvalue weighted by atomic mass is 19.3. The maximum Gasteiger partial charge on any atom is 0.407 e. The molecule has 2 N–H and O–H groups in total. The lowest BCUT2D eigenvalue weighted by Crippen LogP contribution is -2.48. The molecule has 0 radical (unpaired) electrons. The van der Waals surface area contributed by atoms with Crippen LogP contribution in [-0.2, 0) is 14.3 Å². The third-order valence-corrected chi connectivity index (χ3v) is 5.86. The first kappa shape index (κ1) is 25.1. The van der Waals surface area contributed by atoms with E-state index in [2.05, 4.69) is 5.32 Å². The number of carboxylic acids is 1. The lowest BCUT2D eigenvalue weighted by molar-refractivity contribution is -0.137. The molecule has 3 rings (SSSR count). The summed E-state index contributed by atoms with van der Waals surface area (Å²) in [5.74, 6) is -1.81. The zero-order chi connectivity index (χ0) is 24.7. The van der Waals surface area contributed by atoms with Crippen LogP contribution in [-0.4, -0.2) is 60.6 Å². The van der Waals surface area contributed by atoms with Crippen molar-refractivity contribution in [1.82, 2.24) is 10.2 Å². The zero-order valence-corrected chi connectivity index (χ0v) is 18.9. The minimum absolute atomic E-state index is 0.000473. The average molecular weight is 475 g/mol. The van der Waals surface area contributed by atoms with Crippen LogP contribution in [0.3, 0.4) is 0 Å². The number of carboxylic acid groups (broad SMARTS) is 1. The van der Waals surface area contributed by atoms with Gasteiger partial charge < -0.3 is 20.1 Å². The second-order valence-electron chi connectivity index (χ2n) is 8.26. The van der Waals surface area contributed by atoms with Crippen molar-refractivity contribution in [2.24, 2.45) is 0 Å². The Bertz CT molecular complexity index is 984. The molecule has 0 bridgehead atoms. The first-order valence-electron chi connectivity index (χ1n) is 11.1. The van der Waals surface area contributed by atoms with Crippen LogP contribution in [0, 0.1) is 0 Å². The number of nitrogens with zero attached hydrogens (tertiary/aromatic N) is 1. The Morgan fingerprint density at radius 3 is 2.18 bits per heavy atom. The number of amides is 2. The van der Waals surface area contributed by atoms with Gasteiger partial charge >= 0.3 is 12.1 Å². The Balaban J connectivity index is 1.60. The number of ether oxygens (including phenoxy) is 1. The number of alkyl halides is 2. The Hall–Kier alpha value is -3.49. The maximum absolute atomic E-state index is 13.1. The van der Waals surface area contributed by atoms with Crippen molar-refractivity contribution in [3.63, 3.8) is 0 Å². The van der Waals surface area contributed by atoms with Gasteiger partial charge in [-0.05, 0) is 35.1 Å². The van der Waals surface area contributed by atoms with E-state index in [1.54, 1.807) is 0 Å². The van der Waals surface area contributed by atoms with Crippen molar-refractivity contribution in [3.8, 4) is 11.1 Å². The molecule has 0 aliphatic heterocycles. The van der Waals surface area contributed by atoms with Crippen molar-refractivity contribution in [2.75, 3.05) is 20.2 Å². The molecule has 1 aliphatic carbocycles. The minimum atomic E-state index is -2.80. The highest BCUT2D eigenvalue weighted by molar-refractivity contribution is 5.85. The fourth-order valence-electron chi connectivity index (χ4n) is 4.18. The number of rotatable bonds is 11. The standard InChI is InChI=1S/C25H28F2N2O5/c1-29(13-7-6-12-23(30)31)24(32)21(14-22(26)27)28-25(33)34-15-20-18-10-4-2-8-16(18)17-9-3-5-11-19(17)20/h2-5,8-11,20-22H,6-7,12-15H2,1H3,(H,28,33)(H,30,31). The summed E-state index contributed by atoms with van der Waals surface area (Å²) in [5.41, 5.74) is 4.14. The van der Waals surface area contributed by atoms with Gasteiger partial charge in [0.05, 0.1) is 0 Å². The Morgan fingerprint density at radius 1 is 1.03 bits per heavy atom. The van der Waals surface area contributed by atoms with E-state index in [1.807, 2.05) is 48.5 Å². The van der Waals surface area contributed by atoms with Gasteiger partial charge in [0.15, 0.2) is 0 Å². The zero-order valence-electron chi connectivity index (χ0n) is 18.9. The Labute approximate surface area is 196 Å². The van der Waals surface area contributed by atoms with Gasteiger partial charge in [0.25, 0.3) is 0 Å². The molecule has 1 unspecified atom stereocenters. The number of hydrogen-bond acceptors (Lipinski definition) is 4. The van der Waals surface area contributed by atoms with Crippen molar-refractivity contribution < 1.29 is 33.0 Å². The van der Waals surface area contributed by atoms with E-state index in [1.165, 1.54) is 11.9 Å². The van der Waals surface area contributed by atoms with Crippen molar-refractivity contribution >= 4 is 18.0 Å². The highest BCUT2D eigenvalue weighted by Crippen LogP contribution is 2.44. The number of carbonyl (C=O) groups excluding carboxylic acids is 2. The number of unbranched alkanes of at least 4 members (excludes halogenated alkanes) is 1. The van der Waals surface area contributed by atoms with Crippen LogP contribution in [0.5, 0.6) is 0 Å². The van der Waals surface area contributed by atoms with E-state index in [9.17, 15) is 23.2 Å². The molecule has 2 aromatic rings. The molecular formula is C25H28F2N2O5. The molecule has 2 amide bonds. The van der Waals surface area contributed by atoms with Crippen LogP contribution in [0.1, 0.15) is 42.7 Å². The number of carbonyl (C=O) groups is 3. The van der Waals surface area contributed by atoms with Gasteiger partial charge in [-0.15, -0.1) is 0 Å². The molecule has 1 atom stereocenters. The van der Waals surface area contributed by atoms with Crippen LogP contribution in [0.25, 0.3) is 11.1 Å². The molecular weight excluding hydrogens is 446 g/mol. The van der Waals surface area contributed by atoms with Crippen molar-refractivity contribution in [3.05, 3.63) is 59.7 Å². The second kappa shape index (κ2) is 11.6. The fourth-order valence-corrected chi connectivity index (χ4v) is 4.18. The summed E-state index contributed by atoms with van der Waals surface area (Å²) < 4.78 is 31.6. The number of alkyl carbamates (subject to hydrolysis) is 1. The predicted molar refractivity (Wildman–Crippen MR) is 122 cm³/mol. The molecule has 1 aliphatic rings. The third-order valence-electron chi connectivity index (χ3n) is 5.86. The molecule has 0 spiro atoms. The summed E-state index contributed by atoms with van der Waals surface area (Å²) >= 11 is 0. The molecule has 7 nitrogen and oxygen atoms in total. The van der Waals surface area contributed by atoms with Crippen molar-refractivity contribution in [1.29, 1.82) is 0 Å². The lowest BCUT2D eigenvalue weighted by Gasteiger charge is -2.24. The van der Waals surface area contributed by atoms with E-state index in [0.29, 0.717) is 12.8 Å². The molecule has 182 valence electrons. The van der Waals surface area contributed by atoms with Crippen molar-refractivity contribution in [2.45, 2.75) is 44.1 Å². The number of halogens is 2. The number of aliphatic carboxylic acids is 1. The quantitative estimate of drug-likeness (QED) is 0.475. The van der Waals surface area contributed by atoms with E-state index >= 15 is 0 Å². The van der Waals surface area contributed by atoms with E-state index in [4.69, 9.17) is 9.84 Å². The number of likely N-dealkylation sites (N-methyl/N-ethyl adjacent to an activating group) is 1. The van der Waals surface area contributed by atoms with Gasteiger partial charge in [-0.1, -0.05) is 48.5 Å². The fraction of sp³-hybridized carbons (Fsp3) is 0.400. The summed E-state index contributed by atoms with van der Waals surface area (Å²) in [6, 6.07) is 14.2. The summed E-state index contributed by atoms with van der Waals surface area (Å²) in [7, 11) is 1.43. The summed E-state index contributed by atoms with van der Waals surface area (Å²) in [5, 5.41) is 11.0. The van der Waals surface area contributed by atoms with Crippen LogP contribution in [0.4, 0.5) is 13.6 Å². The van der Waals surface area contributed by atoms with Crippen LogP contribution in [0.2, 0.25) is 0 Å². The lowest BCUT2D eigenvalue weighted by atomic mass is 9.98. The molecule has 0 saturated carbocycles. The SMILES string of the molecule is CN(CCCCC(=O)O)C(=O)C(CC(F)F)NC(=O)OCC1c2ccccc2-c2ccccc21.